The van der Waals surface area contributed by atoms with Gasteiger partial charge in [0.05, 0.1) is 11.9 Å². The molecular weight excluding hydrogens is 276 g/mol. The molecule has 0 spiro atoms. The van der Waals surface area contributed by atoms with Crippen LogP contribution in [0, 0.1) is 0 Å². The number of hydrogen-bond acceptors (Lipinski definition) is 6. The van der Waals surface area contributed by atoms with Gasteiger partial charge in [0.15, 0.2) is 5.82 Å². The van der Waals surface area contributed by atoms with Crippen molar-refractivity contribution in [2.45, 2.75) is 25.8 Å². The SMILES string of the molecule is CNc1nc(CN2C(=O)CCCC2=O)nc2sccc12. The largest absolute Gasteiger partial charge is 0.372 e. The first-order valence-corrected chi connectivity index (χ1v) is 7.32. The lowest BCUT2D eigenvalue weighted by atomic mass is 10.1. The average molecular weight is 290 g/mol. The molecule has 0 unspecified atom stereocenters. The van der Waals surface area contributed by atoms with Crippen molar-refractivity contribution in [2.75, 3.05) is 12.4 Å². The van der Waals surface area contributed by atoms with E-state index in [0.717, 1.165) is 16.0 Å². The minimum atomic E-state index is -0.137. The van der Waals surface area contributed by atoms with Gasteiger partial charge in [-0.3, -0.25) is 14.5 Å². The van der Waals surface area contributed by atoms with E-state index in [1.54, 1.807) is 7.05 Å². The fraction of sp³-hybridized carbons (Fsp3) is 0.385. The highest BCUT2D eigenvalue weighted by molar-refractivity contribution is 7.16. The lowest BCUT2D eigenvalue weighted by molar-refractivity contribution is -0.148. The quantitative estimate of drug-likeness (QED) is 0.872. The van der Waals surface area contributed by atoms with Gasteiger partial charge in [-0.15, -0.1) is 11.3 Å². The molecule has 2 aromatic rings. The number of amides is 2. The summed E-state index contributed by atoms with van der Waals surface area (Å²) in [6.07, 6.45) is 1.48. The van der Waals surface area contributed by atoms with Crippen molar-refractivity contribution in [1.29, 1.82) is 0 Å². The number of carbonyl (C=O) groups is 2. The van der Waals surface area contributed by atoms with Gasteiger partial charge < -0.3 is 5.32 Å². The molecule has 0 aromatic carbocycles. The molecule has 1 fully saturated rings. The predicted molar refractivity (Wildman–Crippen MR) is 76.4 cm³/mol. The summed E-state index contributed by atoms with van der Waals surface area (Å²) in [5.74, 6) is 0.945. The van der Waals surface area contributed by atoms with Crippen molar-refractivity contribution < 1.29 is 9.59 Å². The Hall–Kier alpha value is -2.02. The number of anilines is 1. The number of fused-ring (bicyclic) bond motifs is 1. The van der Waals surface area contributed by atoms with Crippen LogP contribution in [0.2, 0.25) is 0 Å². The molecule has 6 nitrogen and oxygen atoms in total. The van der Waals surface area contributed by atoms with Crippen LogP contribution in [0.5, 0.6) is 0 Å². The molecule has 1 N–H and O–H groups in total. The van der Waals surface area contributed by atoms with E-state index in [1.807, 2.05) is 11.4 Å². The molecular formula is C13H14N4O2S. The predicted octanol–water partition coefficient (Wildman–Crippen LogP) is 1.77. The number of rotatable bonds is 3. The lowest BCUT2D eigenvalue weighted by Crippen LogP contribution is -2.39. The third-order valence-corrected chi connectivity index (χ3v) is 4.10. The molecule has 7 heteroatoms. The van der Waals surface area contributed by atoms with Crippen LogP contribution in [0.3, 0.4) is 0 Å². The van der Waals surface area contributed by atoms with Gasteiger partial charge in [-0.1, -0.05) is 0 Å². The Balaban J connectivity index is 1.93. The molecule has 0 bridgehead atoms. The number of aromatic nitrogens is 2. The first-order valence-electron chi connectivity index (χ1n) is 6.44. The van der Waals surface area contributed by atoms with Crippen molar-refractivity contribution in [2.24, 2.45) is 0 Å². The normalized spacial score (nSPS) is 15.9. The summed E-state index contributed by atoms with van der Waals surface area (Å²) >= 11 is 1.52. The summed E-state index contributed by atoms with van der Waals surface area (Å²) < 4.78 is 0. The Morgan fingerprint density at radius 2 is 2.05 bits per heavy atom. The second-order valence-electron chi connectivity index (χ2n) is 4.61. The molecule has 2 amide bonds. The Labute approximate surface area is 119 Å². The molecule has 3 rings (SSSR count). The van der Waals surface area contributed by atoms with E-state index in [0.29, 0.717) is 25.1 Å². The number of carbonyl (C=O) groups excluding carboxylic acids is 2. The van der Waals surface area contributed by atoms with Crippen LogP contribution in [-0.4, -0.2) is 33.7 Å². The maximum absolute atomic E-state index is 11.8. The van der Waals surface area contributed by atoms with Crippen LogP contribution in [0.25, 0.3) is 10.2 Å². The van der Waals surface area contributed by atoms with E-state index in [9.17, 15) is 9.59 Å². The molecule has 0 atom stereocenters. The van der Waals surface area contributed by atoms with Gasteiger partial charge in [0.25, 0.3) is 0 Å². The average Bonchev–Trinajstić information content (AvgIpc) is 2.90. The zero-order valence-corrected chi connectivity index (χ0v) is 11.9. The van der Waals surface area contributed by atoms with E-state index < -0.39 is 0 Å². The Morgan fingerprint density at radius 3 is 2.75 bits per heavy atom. The van der Waals surface area contributed by atoms with Gasteiger partial charge >= 0.3 is 0 Å². The maximum Gasteiger partial charge on any atom is 0.229 e. The number of thiophene rings is 1. The van der Waals surface area contributed by atoms with E-state index >= 15 is 0 Å². The fourth-order valence-electron chi connectivity index (χ4n) is 2.28. The van der Waals surface area contributed by atoms with Gasteiger partial charge in [0.1, 0.15) is 10.6 Å². The summed E-state index contributed by atoms with van der Waals surface area (Å²) in [6.45, 7) is 0.153. The molecule has 0 aliphatic carbocycles. The third-order valence-electron chi connectivity index (χ3n) is 3.29. The smallest absolute Gasteiger partial charge is 0.229 e. The molecule has 0 radical (unpaired) electrons. The molecule has 1 aliphatic rings. The zero-order valence-electron chi connectivity index (χ0n) is 11.0. The number of hydrogen-bond donors (Lipinski definition) is 1. The van der Waals surface area contributed by atoms with Gasteiger partial charge in [-0.2, -0.15) is 0 Å². The molecule has 1 aliphatic heterocycles. The molecule has 20 heavy (non-hydrogen) atoms. The summed E-state index contributed by atoms with van der Waals surface area (Å²) in [5.41, 5.74) is 0. The van der Waals surface area contributed by atoms with Crippen LogP contribution in [0.1, 0.15) is 25.1 Å². The van der Waals surface area contributed by atoms with E-state index in [1.165, 1.54) is 16.2 Å². The Morgan fingerprint density at radius 1 is 1.30 bits per heavy atom. The highest BCUT2D eigenvalue weighted by Crippen LogP contribution is 2.25. The van der Waals surface area contributed by atoms with Crippen LogP contribution in [-0.2, 0) is 16.1 Å². The highest BCUT2D eigenvalue weighted by atomic mass is 32.1. The van der Waals surface area contributed by atoms with Crippen LogP contribution < -0.4 is 5.32 Å². The molecule has 3 heterocycles. The van der Waals surface area contributed by atoms with Crippen LogP contribution in [0.4, 0.5) is 5.82 Å². The van der Waals surface area contributed by atoms with Gasteiger partial charge in [-0.25, -0.2) is 9.97 Å². The van der Waals surface area contributed by atoms with Gasteiger partial charge in [0.2, 0.25) is 11.8 Å². The van der Waals surface area contributed by atoms with Crippen molar-refractivity contribution in [3.05, 3.63) is 17.3 Å². The minimum Gasteiger partial charge on any atom is -0.372 e. The first-order chi connectivity index (χ1) is 9.69. The number of piperidine rings is 1. The lowest BCUT2D eigenvalue weighted by Gasteiger charge is -2.24. The monoisotopic (exact) mass is 290 g/mol. The van der Waals surface area contributed by atoms with Crippen LogP contribution >= 0.6 is 11.3 Å². The number of imide groups is 1. The second kappa shape index (κ2) is 5.16. The number of nitrogens with one attached hydrogen (secondary N) is 1. The number of likely N-dealkylation sites (tertiary alicyclic amines) is 1. The number of nitrogens with zero attached hydrogens (tertiary/aromatic N) is 3. The topological polar surface area (TPSA) is 75.2 Å². The zero-order chi connectivity index (χ0) is 14.1. The summed E-state index contributed by atoms with van der Waals surface area (Å²) in [4.78, 5) is 34.6. The second-order valence-corrected chi connectivity index (χ2v) is 5.50. The van der Waals surface area contributed by atoms with E-state index in [4.69, 9.17) is 0 Å². The summed E-state index contributed by atoms with van der Waals surface area (Å²) in [5, 5.41) is 5.92. The summed E-state index contributed by atoms with van der Waals surface area (Å²) in [6, 6.07) is 1.95. The molecule has 104 valence electrons. The van der Waals surface area contributed by atoms with Crippen LogP contribution in [0.15, 0.2) is 11.4 Å². The Kier molecular flexibility index (Phi) is 3.35. The Bertz CT molecular complexity index is 666. The van der Waals surface area contributed by atoms with Gasteiger partial charge in [0, 0.05) is 19.9 Å². The van der Waals surface area contributed by atoms with Crippen molar-refractivity contribution in [3.63, 3.8) is 0 Å². The third kappa shape index (κ3) is 2.24. The molecule has 0 saturated carbocycles. The molecule has 1 saturated heterocycles. The minimum absolute atomic E-state index is 0.137. The van der Waals surface area contributed by atoms with Crippen molar-refractivity contribution >= 4 is 39.2 Å². The van der Waals surface area contributed by atoms with Gasteiger partial charge in [-0.05, 0) is 17.9 Å². The maximum atomic E-state index is 11.8. The highest BCUT2D eigenvalue weighted by Gasteiger charge is 2.27. The van der Waals surface area contributed by atoms with E-state index in [2.05, 4.69) is 15.3 Å². The molecule has 2 aromatic heterocycles. The summed E-state index contributed by atoms with van der Waals surface area (Å²) in [7, 11) is 1.79. The first kappa shape index (κ1) is 13.0. The fourth-order valence-corrected chi connectivity index (χ4v) is 3.06. The van der Waals surface area contributed by atoms with E-state index in [-0.39, 0.29) is 18.4 Å². The van der Waals surface area contributed by atoms with Crippen molar-refractivity contribution in [1.82, 2.24) is 14.9 Å². The van der Waals surface area contributed by atoms with Crippen molar-refractivity contribution in [3.8, 4) is 0 Å². The standard InChI is InChI=1S/C13H14N4O2S/c1-14-12-8-5-6-20-13(8)16-9(15-12)7-17-10(18)3-2-4-11(17)19/h5-6H,2-4,7H2,1H3,(H,14,15,16).